The highest BCUT2D eigenvalue weighted by Crippen LogP contribution is 2.17. The van der Waals surface area contributed by atoms with Crippen molar-refractivity contribution in [1.29, 1.82) is 0 Å². The van der Waals surface area contributed by atoms with Crippen LogP contribution in [0.5, 0.6) is 0 Å². The van der Waals surface area contributed by atoms with Gasteiger partial charge >= 0.3 is 0 Å². The zero-order chi connectivity index (χ0) is 14.7. The van der Waals surface area contributed by atoms with Gasteiger partial charge < -0.3 is 11.5 Å². The van der Waals surface area contributed by atoms with E-state index >= 15 is 0 Å². The van der Waals surface area contributed by atoms with Gasteiger partial charge in [0.05, 0.1) is 11.2 Å². The largest absolute Gasteiger partial charge is 0.382 e. The van der Waals surface area contributed by atoms with Crippen LogP contribution in [0.25, 0.3) is 17.1 Å². The average molecular weight is 277 g/mol. The molecule has 0 saturated carbocycles. The summed E-state index contributed by atoms with van der Waals surface area (Å²) < 4.78 is 0. The number of hydrogen-bond acceptors (Lipinski definition) is 5. The van der Waals surface area contributed by atoms with Crippen molar-refractivity contribution >= 4 is 28.9 Å². The van der Waals surface area contributed by atoms with E-state index in [1.54, 1.807) is 0 Å². The lowest BCUT2D eigenvalue weighted by atomic mass is 10.1. The van der Waals surface area contributed by atoms with Crippen LogP contribution in [0.15, 0.2) is 48.5 Å². The van der Waals surface area contributed by atoms with E-state index in [0.29, 0.717) is 16.9 Å². The number of nitrogens with zero attached hydrogens (tertiary/aromatic N) is 3. The van der Waals surface area contributed by atoms with Crippen molar-refractivity contribution in [3.8, 4) is 0 Å². The number of anilines is 2. The zero-order valence-electron chi connectivity index (χ0n) is 11.4. The Hall–Kier alpha value is -2.95. The Morgan fingerprint density at radius 2 is 1.71 bits per heavy atom. The number of benzene rings is 1. The highest BCUT2D eigenvalue weighted by Gasteiger charge is 2.04. The fraction of sp³-hybridized carbons (Fsp3) is 0.0625. The van der Waals surface area contributed by atoms with Crippen LogP contribution >= 0.6 is 0 Å². The Balaban J connectivity index is 1.84. The summed E-state index contributed by atoms with van der Waals surface area (Å²) in [6, 6.07) is 14.0. The molecule has 1 aromatic carbocycles. The second-order valence-electron chi connectivity index (χ2n) is 4.66. The minimum absolute atomic E-state index is 0.161. The molecule has 104 valence electrons. The van der Waals surface area contributed by atoms with Crippen molar-refractivity contribution in [2.75, 3.05) is 11.5 Å². The van der Waals surface area contributed by atoms with Gasteiger partial charge in [0.2, 0.25) is 5.95 Å². The summed E-state index contributed by atoms with van der Waals surface area (Å²) >= 11 is 0. The number of nitrogen functional groups attached to an aromatic ring is 2. The lowest BCUT2D eigenvalue weighted by molar-refractivity contribution is 1.21. The molecule has 4 N–H and O–H groups in total. The predicted molar refractivity (Wildman–Crippen MR) is 85.3 cm³/mol. The third-order valence-electron chi connectivity index (χ3n) is 3.09. The summed E-state index contributed by atoms with van der Waals surface area (Å²) in [4.78, 5) is 12.5. The molecule has 0 aliphatic rings. The van der Waals surface area contributed by atoms with Crippen LogP contribution in [0.1, 0.15) is 11.3 Å². The van der Waals surface area contributed by atoms with Crippen LogP contribution in [0.3, 0.4) is 0 Å². The second-order valence-corrected chi connectivity index (χ2v) is 4.66. The lowest BCUT2D eigenvalue weighted by Crippen LogP contribution is -2.02. The molecule has 0 amide bonds. The first-order valence-electron chi connectivity index (χ1n) is 6.62. The van der Waals surface area contributed by atoms with Gasteiger partial charge in [0, 0.05) is 0 Å². The number of aromatic nitrogens is 3. The molecule has 2 aromatic heterocycles. The van der Waals surface area contributed by atoms with E-state index in [1.807, 2.05) is 36.4 Å². The Morgan fingerprint density at radius 1 is 0.905 bits per heavy atom. The van der Waals surface area contributed by atoms with Crippen molar-refractivity contribution in [3.63, 3.8) is 0 Å². The van der Waals surface area contributed by atoms with Crippen molar-refractivity contribution in [2.45, 2.75) is 6.42 Å². The lowest BCUT2D eigenvalue weighted by Gasteiger charge is -2.02. The van der Waals surface area contributed by atoms with Gasteiger partial charge in [0.25, 0.3) is 0 Å². The van der Waals surface area contributed by atoms with E-state index in [1.165, 1.54) is 5.56 Å². The monoisotopic (exact) mass is 277 g/mol. The molecule has 3 rings (SSSR count). The number of pyridine rings is 1. The minimum Gasteiger partial charge on any atom is -0.382 e. The van der Waals surface area contributed by atoms with Crippen LogP contribution < -0.4 is 11.5 Å². The number of nitrogens with two attached hydrogens (primary N) is 2. The van der Waals surface area contributed by atoms with Crippen molar-refractivity contribution < 1.29 is 0 Å². The molecule has 21 heavy (non-hydrogen) atoms. The van der Waals surface area contributed by atoms with Crippen LogP contribution in [0.4, 0.5) is 11.8 Å². The fourth-order valence-electron chi connectivity index (χ4n) is 2.09. The topological polar surface area (TPSA) is 90.7 Å². The molecule has 3 aromatic rings. The number of hydrogen-bond donors (Lipinski definition) is 2. The van der Waals surface area contributed by atoms with Gasteiger partial charge in [0.15, 0.2) is 5.82 Å². The van der Waals surface area contributed by atoms with Crippen LogP contribution in [0, 0.1) is 0 Å². The molecule has 0 fully saturated rings. The summed E-state index contributed by atoms with van der Waals surface area (Å²) in [7, 11) is 0. The number of fused-ring (bicyclic) bond motifs is 1. The summed E-state index contributed by atoms with van der Waals surface area (Å²) in [5.41, 5.74) is 14.7. The highest BCUT2D eigenvalue weighted by atomic mass is 15.0. The third kappa shape index (κ3) is 2.97. The molecule has 0 atom stereocenters. The Bertz CT molecular complexity index is 796. The van der Waals surface area contributed by atoms with Crippen molar-refractivity contribution in [3.05, 3.63) is 59.8 Å². The van der Waals surface area contributed by atoms with E-state index in [-0.39, 0.29) is 5.95 Å². The summed E-state index contributed by atoms with van der Waals surface area (Å²) in [5.74, 6) is 0.463. The molecule has 5 heteroatoms. The van der Waals surface area contributed by atoms with Gasteiger partial charge in [-0.3, -0.25) is 0 Å². The molecule has 2 heterocycles. The maximum atomic E-state index is 5.83. The maximum Gasteiger partial charge on any atom is 0.222 e. The van der Waals surface area contributed by atoms with Gasteiger partial charge in [-0.1, -0.05) is 36.4 Å². The molecule has 0 radical (unpaired) electrons. The summed E-state index contributed by atoms with van der Waals surface area (Å²) in [6.45, 7) is 0. The van der Waals surface area contributed by atoms with Crippen molar-refractivity contribution in [1.82, 2.24) is 15.0 Å². The minimum atomic E-state index is 0.161. The van der Waals surface area contributed by atoms with Gasteiger partial charge in [-0.15, -0.1) is 0 Å². The predicted octanol–water partition coefficient (Wildman–Crippen LogP) is 2.45. The SMILES string of the molecule is Nc1nc(N)c2nc(/C=C/Cc3ccccc3)ccc2n1. The fourth-order valence-corrected chi connectivity index (χ4v) is 2.09. The maximum absolute atomic E-state index is 5.83. The van der Waals surface area contributed by atoms with Crippen LogP contribution in [0.2, 0.25) is 0 Å². The molecule has 0 aliphatic heterocycles. The van der Waals surface area contributed by atoms with Crippen molar-refractivity contribution in [2.24, 2.45) is 0 Å². The van der Waals surface area contributed by atoms with Gasteiger partial charge in [-0.2, -0.15) is 4.98 Å². The van der Waals surface area contributed by atoms with E-state index in [4.69, 9.17) is 11.5 Å². The average Bonchev–Trinajstić information content (AvgIpc) is 2.49. The second kappa shape index (κ2) is 5.58. The zero-order valence-corrected chi connectivity index (χ0v) is 11.4. The number of rotatable bonds is 3. The van der Waals surface area contributed by atoms with E-state index < -0.39 is 0 Å². The molecule has 0 saturated heterocycles. The molecule has 0 unspecified atom stereocenters. The normalized spacial score (nSPS) is 11.2. The standard InChI is InChI=1S/C16H15N5/c17-15-14-13(20-16(18)21-15)10-9-12(19-14)8-4-7-11-5-2-1-3-6-11/h1-6,8-10H,7H2,(H4,17,18,20,21)/b8-4+. The van der Waals surface area contributed by atoms with Gasteiger partial charge in [-0.05, 0) is 30.2 Å². The molecular formula is C16H15N5. The van der Waals surface area contributed by atoms with Crippen LogP contribution in [-0.2, 0) is 6.42 Å². The summed E-state index contributed by atoms with van der Waals surface area (Å²) in [5, 5.41) is 0. The molecule has 5 nitrogen and oxygen atoms in total. The van der Waals surface area contributed by atoms with E-state index in [0.717, 1.165) is 12.1 Å². The third-order valence-corrected chi connectivity index (χ3v) is 3.09. The first-order valence-corrected chi connectivity index (χ1v) is 6.62. The highest BCUT2D eigenvalue weighted by molar-refractivity contribution is 5.85. The molecular weight excluding hydrogens is 262 g/mol. The van der Waals surface area contributed by atoms with Crippen LogP contribution in [-0.4, -0.2) is 15.0 Å². The Kier molecular flexibility index (Phi) is 3.47. The van der Waals surface area contributed by atoms with E-state index in [9.17, 15) is 0 Å². The molecule has 0 bridgehead atoms. The van der Waals surface area contributed by atoms with Gasteiger partial charge in [-0.25, -0.2) is 9.97 Å². The quantitative estimate of drug-likeness (QED) is 0.767. The first kappa shape index (κ1) is 13.1. The van der Waals surface area contributed by atoms with E-state index in [2.05, 4.69) is 33.2 Å². The first-order chi connectivity index (χ1) is 10.2. The Labute approximate surface area is 122 Å². The van der Waals surface area contributed by atoms with Gasteiger partial charge in [0.1, 0.15) is 5.52 Å². The number of allylic oxidation sites excluding steroid dienone is 1. The Morgan fingerprint density at radius 3 is 2.52 bits per heavy atom. The molecule has 0 aliphatic carbocycles. The smallest absolute Gasteiger partial charge is 0.222 e. The summed E-state index contributed by atoms with van der Waals surface area (Å²) in [6.07, 6.45) is 4.88. The molecule has 0 spiro atoms.